The summed E-state index contributed by atoms with van der Waals surface area (Å²) >= 11 is 0. The Hall–Kier alpha value is -12.2. The highest BCUT2D eigenvalue weighted by molar-refractivity contribution is 6.13. The fourth-order valence-corrected chi connectivity index (χ4v) is 23.9. The highest BCUT2D eigenvalue weighted by Crippen LogP contribution is 2.55. The molecule has 512 valence electrons. The summed E-state index contributed by atoms with van der Waals surface area (Å²) in [5, 5.41) is 22.2. The maximum absolute atomic E-state index is 2.51. The molecule has 0 amide bonds. The van der Waals surface area contributed by atoms with Crippen molar-refractivity contribution in [1.29, 1.82) is 0 Å². The highest BCUT2D eigenvalue weighted by Gasteiger charge is 2.37. The third-order valence-electron chi connectivity index (χ3n) is 29.1. The predicted molar refractivity (Wildman–Crippen MR) is 464 cm³/mol. The second kappa shape index (κ2) is 21.0. The van der Waals surface area contributed by atoms with Gasteiger partial charge in [0.1, 0.15) is 0 Å². The average molecular weight is 1390 g/mol. The maximum Gasteiger partial charge on any atom is -0.00104 e. The molecule has 16 aliphatic carbocycles. The summed E-state index contributed by atoms with van der Waals surface area (Å²) in [6.07, 6.45) is 45.2. The van der Waals surface area contributed by atoms with Crippen molar-refractivity contribution < 1.29 is 0 Å². The van der Waals surface area contributed by atoms with Crippen molar-refractivity contribution >= 4 is 154 Å². The fourth-order valence-electron chi connectivity index (χ4n) is 23.9. The van der Waals surface area contributed by atoms with Crippen LogP contribution < -0.4 is 0 Å². The van der Waals surface area contributed by atoms with E-state index in [2.05, 4.69) is 243 Å². The molecule has 30 rings (SSSR count). The first-order valence-electron chi connectivity index (χ1n) is 40.8. The van der Waals surface area contributed by atoms with E-state index in [0.29, 0.717) is 0 Å². The Morgan fingerprint density at radius 2 is 0.300 bits per heavy atom. The van der Waals surface area contributed by atoms with Gasteiger partial charge >= 0.3 is 0 Å². The summed E-state index contributed by atoms with van der Waals surface area (Å²) in [4.78, 5) is 0. The molecule has 0 fully saturated rings. The van der Waals surface area contributed by atoms with Crippen LogP contribution in [0.3, 0.4) is 0 Å². The average Bonchev–Trinajstić information content (AvgIpc) is 1.57. The van der Waals surface area contributed by atoms with Gasteiger partial charge in [-0.05, 0) is 498 Å². The van der Waals surface area contributed by atoms with Gasteiger partial charge in [0.2, 0.25) is 0 Å². The molecule has 14 aromatic carbocycles. The number of fused-ring (bicyclic) bond motifs is 30. The van der Waals surface area contributed by atoms with Crippen molar-refractivity contribution in [2.75, 3.05) is 0 Å². The van der Waals surface area contributed by atoms with Crippen LogP contribution in [0.2, 0.25) is 0 Å². The summed E-state index contributed by atoms with van der Waals surface area (Å²) in [6.45, 7) is 0. The van der Waals surface area contributed by atoms with Gasteiger partial charge in [-0.2, -0.15) is 0 Å². The molecule has 0 radical (unpaired) electrons. The van der Waals surface area contributed by atoms with Crippen molar-refractivity contribution in [3.8, 4) is 0 Å². The van der Waals surface area contributed by atoms with E-state index in [-0.39, 0.29) is 0 Å². The monoisotopic (exact) mass is 1390 g/mol. The predicted octanol–water partition coefficient (Wildman–Crippen LogP) is 26.6. The molecule has 0 aromatic heterocycles. The smallest absolute Gasteiger partial charge is 0.00104 e. The van der Waals surface area contributed by atoms with E-state index in [1.165, 1.54) is 220 Å². The van der Waals surface area contributed by atoms with Crippen LogP contribution in [0.1, 0.15) is 159 Å². The maximum atomic E-state index is 2.51. The molecule has 0 spiro atoms. The van der Waals surface area contributed by atoms with E-state index < -0.39 is 0 Å². The molecule has 16 aliphatic rings. The lowest BCUT2D eigenvalue weighted by Gasteiger charge is -2.13. The lowest BCUT2D eigenvalue weighted by atomic mass is 9.91. The van der Waals surface area contributed by atoms with Crippen molar-refractivity contribution in [3.05, 3.63) is 386 Å². The van der Waals surface area contributed by atoms with Crippen LogP contribution in [0, 0.1) is 0 Å². The van der Waals surface area contributed by atoms with E-state index in [1.807, 2.05) is 0 Å². The normalized spacial score (nSPS) is 18.4. The second-order valence-electron chi connectivity index (χ2n) is 35.0. The van der Waals surface area contributed by atoms with Gasteiger partial charge < -0.3 is 0 Å². The van der Waals surface area contributed by atoms with Crippen LogP contribution in [0.15, 0.2) is 253 Å². The van der Waals surface area contributed by atoms with Gasteiger partial charge in [0.15, 0.2) is 0 Å². The minimum atomic E-state index is 1.05. The third kappa shape index (κ3) is 8.21. The van der Waals surface area contributed by atoms with Crippen LogP contribution in [-0.4, -0.2) is 0 Å². The van der Waals surface area contributed by atoms with E-state index in [9.17, 15) is 0 Å². The largest absolute Gasteiger partial charge is 0.0798 e. The molecule has 0 heterocycles. The summed E-state index contributed by atoms with van der Waals surface area (Å²) < 4.78 is 0. The quantitative estimate of drug-likeness (QED) is 0.133. The number of allylic oxidation sites excluding steroid dienone is 24. The molecule has 0 unspecified atom stereocenters. The van der Waals surface area contributed by atoms with Gasteiger partial charge in [0.05, 0.1) is 0 Å². The molecule has 0 bridgehead atoms. The lowest BCUT2D eigenvalue weighted by molar-refractivity contribution is 1.24. The molecule has 110 heavy (non-hydrogen) atoms. The Morgan fingerprint density at radius 3 is 0.555 bits per heavy atom. The number of hydrogen-bond acceptors (Lipinski definition) is 0. The standard InChI is InChI=1S/C38H24.2C36H24/c1-3-21-7-25-11-29-15-33-19-38-36-18-32-14-28-10-24-6-2-4-22(24)8-26(28)12-30(32)16-34(36)20-37(38)35(33)17-31(29)13-27(25)9-23(21)5-1;1-3-19-7-25-9-21-15-33-27(11-23(21)13-31(25)29(19)5-1)17-35-34-16-22-10-26-8-20-4-2-6-30(20)32(26)14-24(22)12-28(34)18-36(33)35;1-3-19-7-25-9-21-11-27-17-36-34-16-24-14-32-26(8-20-4-2-6-30(20)32)10-22(24)12-28(34)18-35(36)33(27)15-23(21)13-31(25)29(19)5-1/h1-2,5-18H,3-4,19-20H2;2*1-4,9-16H,5-8,17-18H2. The molecule has 0 heteroatoms. The molecular formula is C110H72. The van der Waals surface area contributed by atoms with Gasteiger partial charge in [-0.15, -0.1) is 0 Å². The molecule has 0 aliphatic heterocycles. The summed E-state index contributed by atoms with van der Waals surface area (Å²) in [6, 6.07) is 68.9. The Morgan fingerprint density at radius 1 is 0.127 bits per heavy atom. The van der Waals surface area contributed by atoms with Crippen LogP contribution in [-0.2, 0) is 77.0 Å². The van der Waals surface area contributed by atoms with Gasteiger partial charge in [-0.25, -0.2) is 0 Å². The van der Waals surface area contributed by atoms with Crippen molar-refractivity contribution in [3.63, 3.8) is 0 Å². The first kappa shape index (κ1) is 58.8. The summed E-state index contributed by atoms with van der Waals surface area (Å²) in [5.41, 5.74) is 57.7. The Kier molecular flexibility index (Phi) is 11.2. The number of hydrogen-bond donors (Lipinski definition) is 0. The zero-order chi connectivity index (χ0) is 70.8. The number of rotatable bonds is 0. The lowest BCUT2D eigenvalue weighted by Crippen LogP contribution is -1.95. The zero-order valence-corrected chi connectivity index (χ0v) is 61.4. The van der Waals surface area contributed by atoms with Crippen LogP contribution >= 0.6 is 0 Å². The summed E-state index contributed by atoms with van der Waals surface area (Å²) in [5.74, 6) is 0. The second-order valence-corrected chi connectivity index (χ2v) is 35.0. The first-order valence-corrected chi connectivity index (χ1v) is 40.8. The van der Waals surface area contributed by atoms with E-state index in [0.717, 1.165) is 103 Å². The van der Waals surface area contributed by atoms with Crippen molar-refractivity contribution in [2.24, 2.45) is 0 Å². The summed E-state index contributed by atoms with van der Waals surface area (Å²) in [7, 11) is 0. The van der Waals surface area contributed by atoms with E-state index in [4.69, 9.17) is 0 Å². The van der Waals surface area contributed by atoms with Gasteiger partial charge in [0.25, 0.3) is 0 Å². The molecular weight excluding hydrogens is 1320 g/mol. The molecule has 14 aromatic rings. The zero-order valence-electron chi connectivity index (χ0n) is 61.4. The Bertz CT molecular complexity index is 7110. The van der Waals surface area contributed by atoms with Crippen molar-refractivity contribution in [2.45, 2.75) is 103 Å². The van der Waals surface area contributed by atoms with Crippen LogP contribution in [0.25, 0.3) is 154 Å². The molecule has 0 N–H and O–H groups in total. The minimum Gasteiger partial charge on any atom is -0.0798 e. The third-order valence-corrected chi connectivity index (χ3v) is 29.1. The Balaban J connectivity index is 0.0000000883. The molecule has 0 nitrogen and oxygen atoms in total. The molecule has 0 saturated carbocycles. The SMILES string of the molecule is C1=CC2=C(C1)c1cc3cc4c(cc3cc1C2)C1=C(C4)c2cc3cc4c(cc3cc2C1)C1=C(C=CC1)C4.C1=CC2=C(C1)c1cc3cc4c(cc3cc1C2)CC1=C4Cc2cc3cc4c(cc3cc21)C1=C(C=CC1)C4.C1=Cc2cc3cc4cc5c(cc4cc3cc2C1)CC1=C5Cc2cc3cc4cc5c(cc4cc3cc21)C=CC5. The van der Waals surface area contributed by atoms with Gasteiger partial charge in [-0.1, -0.05) is 146 Å². The van der Waals surface area contributed by atoms with E-state index in [1.54, 1.807) is 78.0 Å². The van der Waals surface area contributed by atoms with Crippen LogP contribution in [0.5, 0.6) is 0 Å². The molecule has 0 saturated heterocycles. The van der Waals surface area contributed by atoms with Gasteiger partial charge in [-0.3, -0.25) is 0 Å². The minimum absolute atomic E-state index is 1.05. The molecule has 0 atom stereocenters. The number of benzene rings is 14. The Labute approximate surface area is 638 Å². The topological polar surface area (TPSA) is 0 Å². The van der Waals surface area contributed by atoms with Crippen molar-refractivity contribution in [1.82, 2.24) is 0 Å². The first-order chi connectivity index (χ1) is 54.3. The van der Waals surface area contributed by atoms with E-state index >= 15 is 0 Å². The van der Waals surface area contributed by atoms with Crippen LogP contribution in [0.4, 0.5) is 0 Å². The highest BCUT2D eigenvalue weighted by atomic mass is 14.4. The fraction of sp³-hybridized carbons (Fsp3) is 0.145. The van der Waals surface area contributed by atoms with Gasteiger partial charge in [0, 0.05) is 0 Å².